The van der Waals surface area contributed by atoms with Crippen molar-refractivity contribution in [3.05, 3.63) is 68.7 Å². The summed E-state index contributed by atoms with van der Waals surface area (Å²) in [4.78, 5) is 12.9. The van der Waals surface area contributed by atoms with Crippen LogP contribution in [0.2, 0.25) is 15.1 Å². The van der Waals surface area contributed by atoms with Gasteiger partial charge in [0.15, 0.2) is 0 Å². The standard InChI is InChI=1S/C22H22Cl3NO3/c1-11-16-9-22(10-27,21(29)26-11)20(28)19(15-7-6-14(24)8-17(15)25)18(16)12-2-4-13(23)5-3-12/h2-8,11,16,18-20,27-28H,9-10H2,1H3,(H,26,29)/t11-,16-,18-,19+,20-,22-/m1/s1. The molecular weight excluding hydrogens is 433 g/mol. The molecule has 29 heavy (non-hydrogen) atoms. The van der Waals surface area contributed by atoms with Gasteiger partial charge in [-0.15, -0.1) is 0 Å². The van der Waals surface area contributed by atoms with Crippen LogP contribution in [0.4, 0.5) is 0 Å². The fourth-order valence-corrected chi connectivity index (χ4v) is 5.81. The van der Waals surface area contributed by atoms with Gasteiger partial charge < -0.3 is 15.5 Å². The lowest BCUT2D eigenvalue weighted by atomic mass is 9.52. The maximum Gasteiger partial charge on any atom is 0.231 e. The molecule has 2 bridgehead atoms. The third kappa shape index (κ3) is 3.35. The molecule has 2 fully saturated rings. The van der Waals surface area contributed by atoms with E-state index in [-0.39, 0.29) is 23.8 Å². The van der Waals surface area contributed by atoms with Crippen LogP contribution in [0.25, 0.3) is 0 Å². The molecule has 2 aliphatic rings. The molecule has 2 aromatic rings. The highest BCUT2D eigenvalue weighted by molar-refractivity contribution is 6.35. The second-order valence-corrected chi connectivity index (χ2v) is 9.44. The zero-order valence-corrected chi connectivity index (χ0v) is 18.0. The number of aliphatic hydroxyl groups excluding tert-OH is 2. The first-order valence-electron chi connectivity index (χ1n) is 9.59. The lowest BCUT2D eigenvalue weighted by Gasteiger charge is -2.56. The Hall–Kier alpha value is -1.30. The van der Waals surface area contributed by atoms with Crippen LogP contribution < -0.4 is 5.32 Å². The molecule has 3 N–H and O–H groups in total. The van der Waals surface area contributed by atoms with E-state index in [1.807, 2.05) is 31.2 Å². The van der Waals surface area contributed by atoms with E-state index in [2.05, 4.69) is 5.32 Å². The quantitative estimate of drug-likeness (QED) is 0.644. The summed E-state index contributed by atoms with van der Waals surface area (Å²) in [5.74, 6) is -0.932. The maximum atomic E-state index is 12.9. The van der Waals surface area contributed by atoms with Crippen LogP contribution >= 0.6 is 34.8 Å². The molecule has 0 aromatic heterocycles. The number of benzene rings is 2. The molecule has 1 saturated carbocycles. The predicted octanol–water partition coefficient (Wildman–Crippen LogP) is 4.39. The summed E-state index contributed by atoms with van der Waals surface area (Å²) in [6.07, 6.45) is -0.720. The fraction of sp³-hybridized carbons (Fsp3) is 0.409. The molecule has 1 aliphatic heterocycles. The Morgan fingerprint density at radius 3 is 2.34 bits per heavy atom. The van der Waals surface area contributed by atoms with Crippen LogP contribution in [0.15, 0.2) is 42.5 Å². The highest BCUT2D eigenvalue weighted by Crippen LogP contribution is 2.57. The van der Waals surface area contributed by atoms with Gasteiger partial charge in [-0.2, -0.15) is 0 Å². The molecule has 1 saturated heterocycles. The number of piperidine rings is 1. The summed E-state index contributed by atoms with van der Waals surface area (Å²) in [5.41, 5.74) is 0.449. The van der Waals surface area contributed by atoms with Crippen LogP contribution in [0, 0.1) is 11.3 Å². The zero-order chi connectivity index (χ0) is 20.9. The summed E-state index contributed by atoms with van der Waals surface area (Å²) < 4.78 is 0. The molecule has 6 atom stereocenters. The Kier molecular flexibility index (Phi) is 5.60. The van der Waals surface area contributed by atoms with Crippen molar-refractivity contribution in [3.8, 4) is 0 Å². The van der Waals surface area contributed by atoms with Crippen molar-refractivity contribution in [1.29, 1.82) is 0 Å². The first-order valence-corrected chi connectivity index (χ1v) is 10.7. The van der Waals surface area contributed by atoms with Crippen molar-refractivity contribution in [1.82, 2.24) is 5.32 Å². The van der Waals surface area contributed by atoms with Crippen molar-refractivity contribution in [2.75, 3.05) is 6.61 Å². The summed E-state index contributed by atoms with van der Waals surface area (Å²) in [5, 5.41) is 26.2. The van der Waals surface area contributed by atoms with Crippen LogP contribution in [0.3, 0.4) is 0 Å². The Bertz CT molecular complexity index is 935. The third-order valence-electron chi connectivity index (χ3n) is 6.67. The van der Waals surface area contributed by atoms with E-state index in [1.54, 1.807) is 18.2 Å². The van der Waals surface area contributed by atoms with Gasteiger partial charge in [-0.1, -0.05) is 53.0 Å². The number of hydrogen-bond acceptors (Lipinski definition) is 3. The van der Waals surface area contributed by atoms with Gasteiger partial charge in [0, 0.05) is 27.0 Å². The number of halogens is 3. The number of nitrogens with one attached hydrogen (secondary N) is 1. The van der Waals surface area contributed by atoms with Gasteiger partial charge in [0.2, 0.25) is 5.91 Å². The predicted molar refractivity (Wildman–Crippen MR) is 115 cm³/mol. The number of carbonyl (C=O) groups is 1. The molecule has 0 spiro atoms. The molecule has 2 aromatic carbocycles. The monoisotopic (exact) mass is 453 g/mol. The second-order valence-electron chi connectivity index (χ2n) is 8.16. The average molecular weight is 455 g/mol. The average Bonchev–Trinajstić information content (AvgIpc) is 2.68. The fourth-order valence-electron chi connectivity index (χ4n) is 5.15. The van der Waals surface area contributed by atoms with E-state index in [0.717, 1.165) is 5.56 Å². The minimum atomic E-state index is -1.27. The number of hydrogen-bond donors (Lipinski definition) is 3. The first-order chi connectivity index (χ1) is 13.8. The van der Waals surface area contributed by atoms with Crippen LogP contribution in [-0.2, 0) is 4.79 Å². The van der Waals surface area contributed by atoms with Crippen LogP contribution in [-0.4, -0.2) is 34.9 Å². The Morgan fingerprint density at radius 1 is 1.07 bits per heavy atom. The van der Waals surface area contributed by atoms with Crippen LogP contribution in [0.1, 0.15) is 36.3 Å². The third-order valence-corrected chi connectivity index (χ3v) is 7.48. The van der Waals surface area contributed by atoms with Gasteiger partial charge in [-0.25, -0.2) is 0 Å². The largest absolute Gasteiger partial charge is 0.395 e. The molecule has 4 nitrogen and oxygen atoms in total. The van der Waals surface area contributed by atoms with Gasteiger partial charge in [-0.3, -0.25) is 4.79 Å². The van der Waals surface area contributed by atoms with E-state index in [4.69, 9.17) is 34.8 Å². The molecular formula is C22H22Cl3NO3. The SMILES string of the molecule is C[C@H]1NC(=O)[C@@]2(CO)C[C@H]1[C@@H](c1ccc(Cl)cc1)[C@H](c1ccc(Cl)cc1Cl)[C@H]2O. The number of amides is 1. The molecule has 0 radical (unpaired) electrons. The van der Waals surface area contributed by atoms with Crippen molar-refractivity contribution >= 4 is 40.7 Å². The summed E-state index contributed by atoms with van der Waals surface area (Å²) in [6.45, 7) is 1.53. The van der Waals surface area contributed by atoms with Gasteiger partial charge >= 0.3 is 0 Å². The van der Waals surface area contributed by atoms with Crippen molar-refractivity contribution in [2.24, 2.45) is 11.3 Å². The van der Waals surface area contributed by atoms with E-state index in [1.165, 1.54) is 0 Å². The Morgan fingerprint density at radius 2 is 1.72 bits per heavy atom. The molecule has 7 heteroatoms. The lowest BCUT2D eigenvalue weighted by molar-refractivity contribution is -0.163. The van der Waals surface area contributed by atoms with Crippen molar-refractivity contribution in [3.63, 3.8) is 0 Å². The van der Waals surface area contributed by atoms with Gasteiger partial charge in [0.05, 0.1) is 18.1 Å². The lowest BCUT2D eigenvalue weighted by Crippen LogP contribution is -2.66. The molecule has 1 heterocycles. The molecule has 4 rings (SSSR count). The van der Waals surface area contributed by atoms with E-state index in [0.29, 0.717) is 27.1 Å². The second kappa shape index (κ2) is 7.75. The Balaban J connectivity index is 1.92. The topological polar surface area (TPSA) is 69.6 Å². The Labute approximate surface area is 184 Å². The molecule has 1 amide bonds. The zero-order valence-electron chi connectivity index (χ0n) is 15.8. The normalized spacial score (nSPS) is 34.0. The van der Waals surface area contributed by atoms with E-state index in [9.17, 15) is 15.0 Å². The minimum Gasteiger partial charge on any atom is -0.395 e. The first kappa shape index (κ1) is 21.0. The van der Waals surface area contributed by atoms with Gasteiger partial charge in [-0.05, 0) is 60.6 Å². The summed E-state index contributed by atoms with van der Waals surface area (Å²) in [7, 11) is 0. The maximum absolute atomic E-state index is 12.9. The van der Waals surface area contributed by atoms with Crippen molar-refractivity contribution < 1.29 is 15.0 Å². The minimum absolute atomic E-state index is 0.00108. The smallest absolute Gasteiger partial charge is 0.231 e. The number of aliphatic hydroxyl groups is 2. The van der Waals surface area contributed by atoms with Gasteiger partial charge in [0.25, 0.3) is 0 Å². The number of fused-ring (bicyclic) bond motifs is 2. The number of rotatable bonds is 3. The van der Waals surface area contributed by atoms with Gasteiger partial charge in [0.1, 0.15) is 0 Å². The highest BCUT2D eigenvalue weighted by Gasteiger charge is 2.61. The molecule has 0 unspecified atom stereocenters. The molecule has 1 aliphatic carbocycles. The summed E-state index contributed by atoms with van der Waals surface area (Å²) in [6, 6.07) is 12.6. The van der Waals surface area contributed by atoms with E-state index < -0.39 is 24.0 Å². The number of carbonyl (C=O) groups excluding carboxylic acids is 1. The van der Waals surface area contributed by atoms with E-state index >= 15 is 0 Å². The summed E-state index contributed by atoms with van der Waals surface area (Å²) >= 11 is 18.7. The van der Waals surface area contributed by atoms with Crippen LogP contribution in [0.5, 0.6) is 0 Å². The van der Waals surface area contributed by atoms with Crippen molar-refractivity contribution in [2.45, 2.75) is 37.3 Å². The molecule has 154 valence electrons. The highest BCUT2D eigenvalue weighted by atomic mass is 35.5.